The van der Waals surface area contributed by atoms with Gasteiger partial charge in [-0.1, -0.05) is 24.3 Å². The molecule has 19 heavy (non-hydrogen) atoms. The van der Waals surface area contributed by atoms with Gasteiger partial charge in [-0.15, -0.1) is 0 Å². The van der Waals surface area contributed by atoms with Crippen molar-refractivity contribution in [2.24, 2.45) is 0 Å². The molecule has 0 unspecified atom stereocenters. The number of amides is 2. The van der Waals surface area contributed by atoms with Crippen LogP contribution in [0, 0.1) is 6.92 Å². The lowest BCUT2D eigenvalue weighted by Crippen LogP contribution is -2.44. The fraction of sp³-hybridized carbons (Fsp3) is 0.333. The highest BCUT2D eigenvalue weighted by Gasteiger charge is 2.12. The van der Waals surface area contributed by atoms with Crippen molar-refractivity contribution in [1.29, 1.82) is 0 Å². The Kier molecular flexibility index (Phi) is 5.79. The number of benzene rings is 1. The zero-order valence-electron chi connectivity index (χ0n) is 11.6. The van der Waals surface area contributed by atoms with Gasteiger partial charge < -0.3 is 10.6 Å². The fourth-order valence-electron chi connectivity index (χ4n) is 1.59. The molecule has 0 saturated carbocycles. The van der Waals surface area contributed by atoms with E-state index in [0.29, 0.717) is 6.54 Å². The van der Waals surface area contributed by atoms with E-state index in [1.165, 1.54) is 6.08 Å². The Balaban J connectivity index is 2.56. The second-order valence-electron chi connectivity index (χ2n) is 4.31. The largest absolute Gasteiger partial charge is 0.355 e. The van der Waals surface area contributed by atoms with Crippen LogP contribution in [0.1, 0.15) is 25.0 Å². The molecule has 0 radical (unpaired) electrons. The van der Waals surface area contributed by atoms with Gasteiger partial charge in [0, 0.05) is 12.6 Å². The van der Waals surface area contributed by atoms with Crippen molar-refractivity contribution in [2.75, 3.05) is 6.54 Å². The number of hydrogen-bond donors (Lipinski definition) is 2. The molecule has 0 fully saturated rings. The molecule has 1 rings (SSSR count). The second kappa shape index (κ2) is 7.36. The van der Waals surface area contributed by atoms with Crippen LogP contribution in [0.3, 0.4) is 0 Å². The van der Waals surface area contributed by atoms with Gasteiger partial charge in [0.25, 0.3) is 0 Å². The van der Waals surface area contributed by atoms with E-state index < -0.39 is 6.04 Å². The standard InChI is InChI=1S/C15H20N2O2/c1-4-16-15(19)12(3)17-14(18)10-9-13-8-6-5-7-11(13)2/h5-10,12H,4H2,1-3H3,(H,16,19)(H,17,18)/b10-9+/t12-/m0/s1. The number of carbonyl (C=O) groups is 2. The lowest BCUT2D eigenvalue weighted by molar-refractivity contribution is -0.126. The molecule has 4 heteroatoms. The minimum Gasteiger partial charge on any atom is -0.355 e. The molecule has 1 aromatic rings. The van der Waals surface area contributed by atoms with Gasteiger partial charge in [0.15, 0.2) is 0 Å². The molecule has 0 aromatic heterocycles. The van der Waals surface area contributed by atoms with Gasteiger partial charge in [0.2, 0.25) is 11.8 Å². The van der Waals surface area contributed by atoms with Crippen LogP contribution in [0.15, 0.2) is 30.3 Å². The van der Waals surface area contributed by atoms with Crippen LogP contribution in [0.5, 0.6) is 0 Å². The second-order valence-corrected chi connectivity index (χ2v) is 4.31. The molecule has 0 bridgehead atoms. The summed E-state index contributed by atoms with van der Waals surface area (Å²) in [5, 5.41) is 5.27. The summed E-state index contributed by atoms with van der Waals surface area (Å²) < 4.78 is 0. The molecule has 2 amide bonds. The summed E-state index contributed by atoms with van der Waals surface area (Å²) in [6.07, 6.45) is 3.19. The first kappa shape index (κ1) is 15.0. The molecular formula is C15H20N2O2. The van der Waals surface area contributed by atoms with Gasteiger partial charge in [0.05, 0.1) is 0 Å². The average molecular weight is 260 g/mol. The summed E-state index contributed by atoms with van der Waals surface area (Å²) in [6.45, 7) is 6.03. The Morgan fingerprint density at radius 2 is 2.00 bits per heavy atom. The normalized spacial score (nSPS) is 12.2. The van der Waals surface area contributed by atoms with E-state index in [4.69, 9.17) is 0 Å². The van der Waals surface area contributed by atoms with Crippen LogP contribution in [-0.4, -0.2) is 24.4 Å². The van der Waals surface area contributed by atoms with Gasteiger partial charge >= 0.3 is 0 Å². The smallest absolute Gasteiger partial charge is 0.244 e. The summed E-state index contributed by atoms with van der Waals surface area (Å²) in [6, 6.07) is 7.25. The zero-order chi connectivity index (χ0) is 14.3. The molecule has 0 aliphatic heterocycles. The van der Waals surface area contributed by atoms with Gasteiger partial charge in [0.1, 0.15) is 6.04 Å². The average Bonchev–Trinajstić information content (AvgIpc) is 2.38. The molecule has 1 atom stereocenters. The van der Waals surface area contributed by atoms with Crippen LogP contribution in [0.4, 0.5) is 0 Å². The number of hydrogen-bond acceptors (Lipinski definition) is 2. The van der Waals surface area contributed by atoms with E-state index in [1.807, 2.05) is 38.1 Å². The minimum absolute atomic E-state index is 0.180. The molecular weight excluding hydrogens is 240 g/mol. The minimum atomic E-state index is -0.533. The van der Waals surface area contributed by atoms with Crippen molar-refractivity contribution in [3.63, 3.8) is 0 Å². The maximum absolute atomic E-state index is 11.7. The number of aryl methyl sites for hydroxylation is 1. The van der Waals surface area contributed by atoms with Crippen molar-refractivity contribution < 1.29 is 9.59 Å². The summed E-state index contributed by atoms with van der Waals surface area (Å²) in [7, 11) is 0. The highest BCUT2D eigenvalue weighted by atomic mass is 16.2. The molecule has 102 valence electrons. The summed E-state index contributed by atoms with van der Waals surface area (Å²) in [5.41, 5.74) is 2.09. The SMILES string of the molecule is CCNC(=O)[C@H](C)NC(=O)/C=C/c1ccccc1C. The fourth-order valence-corrected chi connectivity index (χ4v) is 1.59. The maximum Gasteiger partial charge on any atom is 0.244 e. The first-order valence-electron chi connectivity index (χ1n) is 6.36. The van der Waals surface area contributed by atoms with E-state index in [9.17, 15) is 9.59 Å². The summed E-state index contributed by atoms with van der Waals surface area (Å²) >= 11 is 0. The first-order valence-corrected chi connectivity index (χ1v) is 6.36. The van der Waals surface area contributed by atoms with E-state index in [0.717, 1.165) is 11.1 Å². The lowest BCUT2D eigenvalue weighted by Gasteiger charge is -2.11. The van der Waals surface area contributed by atoms with Gasteiger partial charge in [-0.3, -0.25) is 9.59 Å². The molecule has 1 aromatic carbocycles. The first-order chi connectivity index (χ1) is 9.04. The van der Waals surface area contributed by atoms with E-state index in [1.54, 1.807) is 13.0 Å². The molecule has 0 aliphatic carbocycles. The van der Waals surface area contributed by atoms with E-state index in [2.05, 4.69) is 10.6 Å². The highest BCUT2D eigenvalue weighted by molar-refractivity contribution is 5.95. The van der Waals surface area contributed by atoms with Crippen molar-refractivity contribution in [2.45, 2.75) is 26.8 Å². The number of nitrogens with one attached hydrogen (secondary N) is 2. The Labute approximate surface area is 113 Å². The Morgan fingerprint density at radius 3 is 2.63 bits per heavy atom. The third-order valence-electron chi connectivity index (χ3n) is 2.71. The van der Waals surface area contributed by atoms with Gasteiger partial charge in [-0.05, 0) is 38.0 Å². The molecule has 0 aliphatic rings. The van der Waals surface area contributed by atoms with Gasteiger partial charge in [-0.25, -0.2) is 0 Å². The molecule has 2 N–H and O–H groups in total. The molecule has 4 nitrogen and oxygen atoms in total. The molecule has 0 heterocycles. The van der Waals surface area contributed by atoms with Crippen LogP contribution < -0.4 is 10.6 Å². The van der Waals surface area contributed by atoms with Crippen LogP contribution >= 0.6 is 0 Å². The Morgan fingerprint density at radius 1 is 1.32 bits per heavy atom. The van der Waals surface area contributed by atoms with Crippen molar-refractivity contribution >= 4 is 17.9 Å². The number of likely N-dealkylation sites (N-methyl/N-ethyl adjacent to an activating group) is 1. The number of carbonyl (C=O) groups excluding carboxylic acids is 2. The van der Waals surface area contributed by atoms with Crippen LogP contribution in [0.25, 0.3) is 6.08 Å². The van der Waals surface area contributed by atoms with E-state index >= 15 is 0 Å². The lowest BCUT2D eigenvalue weighted by atomic mass is 10.1. The van der Waals surface area contributed by atoms with E-state index in [-0.39, 0.29) is 11.8 Å². The van der Waals surface area contributed by atoms with Crippen LogP contribution in [0.2, 0.25) is 0 Å². The third-order valence-corrected chi connectivity index (χ3v) is 2.71. The molecule has 0 saturated heterocycles. The Bertz CT molecular complexity index is 481. The van der Waals surface area contributed by atoms with Crippen LogP contribution in [-0.2, 0) is 9.59 Å². The quantitative estimate of drug-likeness (QED) is 0.791. The monoisotopic (exact) mass is 260 g/mol. The topological polar surface area (TPSA) is 58.2 Å². The summed E-state index contributed by atoms with van der Waals surface area (Å²) in [5.74, 6) is -0.456. The highest BCUT2D eigenvalue weighted by Crippen LogP contribution is 2.08. The predicted octanol–water partition coefficient (Wildman–Crippen LogP) is 1.65. The zero-order valence-corrected chi connectivity index (χ0v) is 11.6. The Hall–Kier alpha value is -2.10. The third kappa shape index (κ3) is 4.95. The van der Waals surface area contributed by atoms with Gasteiger partial charge in [-0.2, -0.15) is 0 Å². The van der Waals surface area contributed by atoms with Crippen molar-refractivity contribution in [1.82, 2.24) is 10.6 Å². The van der Waals surface area contributed by atoms with Crippen molar-refractivity contribution in [3.05, 3.63) is 41.5 Å². The predicted molar refractivity (Wildman–Crippen MR) is 76.5 cm³/mol. The summed E-state index contributed by atoms with van der Waals surface area (Å²) in [4.78, 5) is 23.1. The number of rotatable bonds is 5. The molecule has 0 spiro atoms. The van der Waals surface area contributed by atoms with Crippen molar-refractivity contribution in [3.8, 4) is 0 Å². The maximum atomic E-state index is 11.7.